The van der Waals surface area contributed by atoms with Gasteiger partial charge in [0.25, 0.3) is 5.89 Å². The molecular weight excluding hydrogens is 194 g/mol. The van der Waals surface area contributed by atoms with E-state index in [1.807, 2.05) is 0 Å². The molecule has 76 valence electrons. The van der Waals surface area contributed by atoms with E-state index in [0.717, 1.165) is 0 Å². The summed E-state index contributed by atoms with van der Waals surface area (Å²) in [4.78, 5) is 0. The Morgan fingerprint density at radius 1 is 1.40 bits per heavy atom. The fourth-order valence-electron chi connectivity index (χ4n) is 0.973. The summed E-state index contributed by atoms with van der Waals surface area (Å²) in [6.45, 7) is 4.14. The Kier molecular flexibility index (Phi) is 2.68. The van der Waals surface area contributed by atoms with E-state index in [4.69, 9.17) is 4.42 Å². The smallest absolute Gasteiger partial charge is 0.316 e. The molecule has 0 saturated carbocycles. The molecule has 2 aromatic heterocycles. The molecule has 0 bridgehead atoms. The molecule has 0 aliphatic carbocycles. The van der Waals surface area contributed by atoms with E-state index in [1.165, 1.54) is 0 Å². The molecule has 6 nitrogen and oxygen atoms in total. The Balaban J connectivity index is 2.17. The van der Waals surface area contributed by atoms with Gasteiger partial charge >= 0.3 is 6.01 Å². The zero-order valence-electron chi connectivity index (χ0n) is 7.92. The highest BCUT2D eigenvalue weighted by molar-refractivity contribution is 5.45. The van der Waals surface area contributed by atoms with Crippen LogP contribution in [0.2, 0.25) is 0 Å². The normalized spacial score (nSPS) is 9.87. The molecule has 0 spiro atoms. The van der Waals surface area contributed by atoms with Gasteiger partial charge in [0.2, 0.25) is 0 Å². The third kappa shape index (κ3) is 2.16. The third-order valence-electron chi connectivity index (χ3n) is 1.61. The molecule has 0 aliphatic heterocycles. The first kappa shape index (κ1) is 9.32. The summed E-state index contributed by atoms with van der Waals surface area (Å²) >= 11 is 0. The van der Waals surface area contributed by atoms with Crippen LogP contribution in [0.1, 0.15) is 0 Å². The van der Waals surface area contributed by atoms with Crippen molar-refractivity contribution in [1.29, 1.82) is 0 Å². The average molecular weight is 203 g/mol. The Bertz CT molecular complexity index is 439. The standard InChI is InChI=1S/C9H9N5O/c1-2-5-10-9-14-13-8(15-9)7-4-3-6-11-12-7/h2-4,6H,1,5H2,(H,10,14). The van der Waals surface area contributed by atoms with E-state index in [0.29, 0.717) is 24.1 Å². The monoisotopic (exact) mass is 203 g/mol. The first-order valence-corrected chi connectivity index (χ1v) is 4.36. The zero-order valence-corrected chi connectivity index (χ0v) is 7.92. The molecular formula is C9H9N5O. The first-order valence-electron chi connectivity index (χ1n) is 4.36. The van der Waals surface area contributed by atoms with Crippen LogP contribution < -0.4 is 5.32 Å². The summed E-state index contributed by atoms with van der Waals surface area (Å²) in [7, 11) is 0. The van der Waals surface area contributed by atoms with Crippen molar-refractivity contribution in [1.82, 2.24) is 20.4 Å². The number of anilines is 1. The van der Waals surface area contributed by atoms with E-state index in [9.17, 15) is 0 Å². The second-order valence-electron chi connectivity index (χ2n) is 2.69. The minimum Gasteiger partial charge on any atom is -0.402 e. The van der Waals surface area contributed by atoms with E-state index in [2.05, 4.69) is 32.3 Å². The third-order valence-corrected chi connectivity index (χ3v) is 1.61. The molecule has 0 amide bonds. The Morgan fingerprint density at radius 3 is 3.07 bits per heavy atom. The van der Waals surface area contributed by atoms with Crippen LogP contribution >= 0.6 is 0 Å². The summed E-state index contributed by atoms with van der Waals surface area (Å²) in [5.41, 5.74) is 0.552. The van der Waals surface area contributed by atoms with Crippen molar-refractivity contribution in [2.24, 2.45) is 0 Å². The highest BCUT2D eigenvalue weighted by Gasteiger charge is 2.08. The molecule has 2 rings (SSSR count). The molecule has 6 heteroatoms. The van der Waals surface area contributed by atoms with Gasteiger partial charge in [0.15, 0.2) is 0 Å². The SMILES string of the molecule is C=CCNc1nnc(-c2cccnn2)o1. The van der Waals surface area contributed by atoms with Gasteiger partial charge in [0.1, 0.15) is 5.69 Å². The molecule has 0 saturated heterocycles. The van der Waals surface area contributed by atoms with E-state index in [1.54, 1.807) is 24.4 Å². The number of aromatic nitrogens is 4. The zero-order chi connectivity index (χ0) is 10.5. The van der Waals surface area contributed by atoms with Gasteiger partial charge in [-0.3, -0.25) is 0 Å². The topological polar surface area (TPSA) is 76.7 Å². The maximum Gasteiger partial charge on any atom is 0.316 e. The summed E-state index contributed by atoms with van der Waals surface area (Å²) in [5, 5.41) is 18.1. The minimum absolute atomic E-state index is 0.342. The lowest BCUT2D eigenvalue weighted by Crippen LogP contribution is -1.97. The van der Waals surface area contributed by atoms with Crippen molar-refractivity contribution in [3.8, 4) is 11.6 Å². The lowest BCUT2D eigenvalue weighted by atomic mass is 10.4. The van der Waals surface area contributed by atoms with Crippen LogP contribution in [-0.4, -0.2) is 26.9 Å². The molecule has 2 aromatic rings. The summed E-state index contributed by atoms with van der Waals surface area (Å²) in [6.07, 6.45) is 3.28. The van der Waals surface area contributed by atoms with Crippen LogP contribution in [0.3, 0.4) is 0 Å². The molecule has 0 radical (unpaired) electrons. The highest BCUT2D eigenvalue weighted by Crippen LogP contribution is 2.15. The van der Waals surface area contributed by atoms with E-state index in [-0.39, 0.29) is 0 Å². The number of hydrogen-bond acceptors (Lipinski definition) is 6. The molecule has 2 heterocycles. The molecule has 0 atom stereocenters. The predicted molar refractivity (Wildman–Crippen MR) is 54.0 cm³/mol. The average Bonchev–Trinajstić information content (AvgIpc) is 2.76. The summed E-state index contributed by atoms with van der Waals surface area (Å²) in [6, 6.07) is 3.84. The van der Waals surface area contributed by atoms with Gasteiger partial charge in [0, 0.05) is 12.7 Å². The molecule has 0 fully saturated rings. The van der Waals surface area contributed by atoms with Crippen molar-refractivity contribution in [3.63, 3.8) is 0 Å². The van der Waals surface area contributed by atoms with Crippen molar-refractivity contribution >= 4 is 6.01 Å². The molecule has 0 unspecified atom stereocenters. The van der Waals surface area contributed by atoms with Gasteiger partial charge in [-0.2, -0.15) is 5.10 Å². The Labute approximate surface area is 86.1 Å². The Morgan fingerprint density at radius 2 is 2.33 bits per heavy atom. The maximum atomic E-state index is 5.29. The van der Waals surface area contributed by atoms with Gasteiger partial charge in [-0.05, 0) is 12.1 Å². The lowest BCUT2D eigenvalue weighted by molar-refractivity contribution is 0.580. The van der Waals surface area contributed by atoms with E-state index < -0.39 is 0 Å². The van der Waals surface area contributed by atoms with Crippen LogP contribution in [0, 0.1) is 0 Å². The van der Waals surface area contributed by atoms with Gasteiger partial charge in [-0.1, -0.05) is 11.2 Å². The van der Waals surface area contributed by atoms with Gasteiger partial charge in [-0.15, -0.1) is 16.8 Å². The molecule has 15 heavy (non-hydrogen) atoms. The minimum atomic E-state index is 0.342. The quantitative estimate of drug-likeness (QED) is 0.750. The van der Waals surface area contributed by atoms with Gasteiger partial charge < -0.3 is 9.73 Å². The van der Waals surface area contributed by atoms with Crippen LogP contribution in [0.15, 0.2) is 35.4 Å². The maximum absolute atomic E-state index is 5.29. The molecule has 0 aliphatic rings. The Hall–Kier alpha value is -2.24. The second-order valence-corrected chi connectivity index (χ2v) is 2.69. The van der Waals surface area contributed by atoms with Crippen molar-refractivity contribution in [3.05, 3.63) is 31.0 Å². The van der Waals surface area contributed by atoms with Crippen LogP contribution in [0.5, 0.6) is 0 Å². The summed E-state index contributed by atoms with van der Waals surface area (Å²) < 4.78 is 5.29. The van der Waals surface area contributed by atoms with Gasteiger partial charge in [-0.25, -0.2) is 0 Å². The van der Waals surface area contributed by atoms with Gasteiger partial charge in [0.05, 0.1) is 0 Å². The largest absolute Gasteiger partial charge is 0.402 e. The van der Waals surface area contributed by atoms with Crippen LogP contribution in [0.4, 0.5) is 6.01 Å². The lowest BCUT2D eigenvalue weighted by Gasteiger charge is -1.93. The fourth-order valence-corrected chi connectivity index (χ4v) is 0.973. The number of nitrogens with zero attached hydrogens (tertiary/aromatic N) is 4. The van der Waals surface area contributed by atoms with Crippen LogP contribution in [-0.2, 0) is 0 Å². The van der Waals surface area contributed by atoms with Crippen molar-refractivity contribution in [2.75, 3.05) is 11.9 Å². The van der Waals surface area contributed by atoms with Crippen molar-refractivity contribution in [2.45, 2.75) is 0 Å². The highest BCUT2D eigenvalue weighted by atomic mass is 16.4. The van der Waals surface area contributed by atoms with Crippen molar-refractivity contribution < 1.29 is 4.42 Å². The molecule has 1 N–H and O–H groups in total. The van der Waals surface area contributed by atoms with E-state index >= 15 is 0 Å². The van der Waals surface area contributed by atoms with Crippen LogP contribution in [0.25, 0.3) is 11.6 Å². The first-order chi connectivity index (χ1) is 7.40. The number of rotatable bonds is 4. The number of hydrogen-bond donors (Lipinski definition) is 1. The predicted octanol–water partition coefficient (Wildman–Crippen LogP) is 1.12. The fraction of sp³-hybridized carbons (Fsp3) is 0.111. The number of nitrogens with one attached hydrogen (secondary N) is 1. The summed E-state index contributed by atoms with van der Waals surface area (Å²) in [5.74, 6) is 0.342. The second kappa shape index (κ2) is 4.32. The molecule has 0 aromatic carbocycles.